The van der Waals surface area contributed by atoms with Crippen LogP contribution in [-0.2, 0) is 11.3 Å². The monoisotopic (exact) mass is 505 g/mol. The highest BCUT2D eigenvalue weighted by atomic mass is 32.2. The molecule has 2 aromatic heterocycles. The molecule has 1 saturated heterocycles. The molecule has 3 heterocycles. The molecule has 1 atom stereocenters. The number of fused-ring (bicyclic) bond motifs is 1. The number of methoxy groups -OCH3 is 1. The largest absolute Gasteiger partial charge is 0.510 e. The van der Waals surface area contributed by atoms with Crippen LogP contribution in [0.15, 0.2) is 59.4 Å². The lowest BCUT2D eigenvalue weighted by Crippen LogP contribution is -2.16. The lowest BCUT2D eigenvalue weighted by atomic mass is 10.2. The molecule has 8 nitrogen and oxygen atoms in total. The van der Waals surface area contributed by atoms with Gasteiger partial charge >= 0.3 is 0 Å². The van der Waals surface area contributed by atoms with Gasteiger partial charge in [-0.1, -0.05) is 23.9 Å². The summed E-state index contributed by atoms with van der Waals surface area (Å²) in [6, 6.07) is 17.5. The van der Waals surface area contributed by atoms with Crippen LogP contribution in [0.25, 0.3) is 27.2 Å². The van der Waals surface area contributed by atoms with Gasteiger partial charge in [-0.05, 0) is 49.2 Å². The van der Waals surface area contributed by atoms with Gasteiger partial charge in [-0.2, -0.15) is 5.26 Å². The maximum absolute atomic E-state index is 10.8. The summed E-state index contributed by atoms with van der Waals surface area (Å²) in [4.78, 5) is 4.51. The zero-order valence-electron chi connectivity index (χ0n) is 19.0. The molecule has 4 aromatic rings. The van der Waals surface area contributed by atoms with E-state index in [9.17, 15) is 10.4 Å². The van der Waals surface area contributed by atoms with Crippen molar-refractivity contribution < 1.29 is 14.6 Å². The van der Waals surface area contributed by atoms with E-state index in [1.165, 1.54) is 23.1 Å². The van der Waals surface area contributed by atoms with Crippen LogP contribution in [0.1, 0.15) is 17.8 Å². The van der Waals surface area contributed by atoms with Gasteiger partial charge < -0.3 is 14.6 Å². The molecule has 178 valence electrons. The van der Waals surface area contributed by atoms with Gasteiger partial charge in [0.1, 0.15) is 28.2 Å². The van der Waals surface area contributed by atoms with Crippen molar-refractivity contribution in [3.63, 3.8) is 0 Å². The molecule has 0 spiro atoms. The van der Waals surface area contributed by atoms with Gasteiger partial charge in [0.15, 0.2) is 11.0 Å². The van der Waals surface area contributed by atoms with E-state index in [1.807, 2.05) is 53.1 Å². The lowest BCUT2D eigenvalue weighted by molar-refractivity contribution is 0.0953. The summed E-state index contributed by atoms with van der Waals surface area (Å²) < 4.78 is 14.1. The van der Waals surface area contributed by atoms with Gasteiger partial charge in [0.2, 0.25) is 0 Å². The number of nitriles is 1. The van der Waals surface area contributed by atoms with Crippen LogP contribution < -0.4 is 4.74 Å². The Bertz CT molecular complexity index is 1370. The molecule has 0 radical (unpaired) electrons. The standard InChI is InChI=1S/C25H23N5O3S2/c1-32-17-10-8-16(9-11-17)23-28-29-25(30(23)14-18-5-4-12-33-18)34-15-21(31)19(13-26)24-27-20-6-2-3-7-22(20)35-24/h2-3,6-11,18,31H,4-5,12,14-15H2,1H3/b21-19-/t18-/m1/s1. The van der Waals surface area contributed by atoms with Crippen molar-refractivity contribution in [3.8, 4) is 23.2 Å². The minimum absolute atomic E-state index is 0.0331. The number of allylic oxidation sites excluding steroid dienone is 1. The van der Waals surface area contributed by atoms with E-state index in [4.69, 9.17) is 9.47 Å². The Morgan fingerprint density at radius 1 is 1.26 bits per heavy atom. The van der Waals surface area contributed by atoms with Crippen LogP contribution in [0, 0.1) is 11.3 Å². The third-order valence-corrected chi connectivity index (χ3v) is 7.75. The molecule has 0 aliphatic carbocycles. The predicted molar refractivity (Wildman–Crippen MR) is 136 cm³/mol. The lowest BCUT2D eigenvalue weighted by Gasteiger charge is -2.15. The minimum Gasteiger partial charge on any atom is -0.510 e. The van der Waals surface area contributed by atoms with E-state index in [0.717, 1.165) is 46.8 Å². The number of hydrogen-bond donors (Lipinski definition) is 1. The average Bonchev–Trinajstić information content (AvgIpc) is 3.64. The smallest absolute Gasteiger partial charge is 0.192 e. The molecule has 0 unspecified atom stereocenters. The maximum atomic E-state index is 10.8. The number of ether oxygens (including phenoxy) is 2. The van der Waals surface area contributed by atoms with E-state index in [-0.39, 0.29) is 23.2 Å². The molecular formula is C25H23N5O3S2. The van der Waals surface area contributed by atoms with Crippen molar-refractivity contribution in [3.05, 3.63) is 59.3 Å². The highest BCUT2D eigenvalue weighted by Gasteiger charge is 2.23. The van der Waals surface area contributed by atoms with E-state index in [0.29, 0.717) is 16.7 Å². The molecule has 2 aromatic carbocycles. The van der Waals surface area contributed by atoms with Crippen LogP contribution in [0.5, 0.6) is 5.75 Å². The van der Waals surface area contributed by atoms with Crippen LogP contribution in [0.2, 0.25) is 0 Å². The van der Waals surface area contributed by atoms with E-state index in [2.05, 4.69) is 21.3 Å². The third kappa shape index (κ3) is 5.03. The fourth-order valence-electron chi connectivity index (χ4n) is 3.93. The number of thioether (sulfide) groups is 1. The van der Waals surface area contributed by atoms with E-state index >= 15 is 0 Å². The first kappa shape index (κ1) is 23.4. The molecule has 1 fully saturated rings. The van der Waals surface area contributed by atoms with Crippen LogP contribution >= 0.6 is 23.1 Å². The van der Waals surface area contributed by atoms with E-state index in [1.54, 1.807) is 7.11 Å². The van der Waals surface area contributed by atoms with Crippen molar-refractivity contribution >= 4 is 38.9 Å². The van der Waals surface area contributed by atoms with Gasteiger partial charge in [-0.3, -0.25) is 4.57 Å². The van der Waals surface area contributed by atoms with Crippen molar-refractivity contribution in [2.75, 3.05) is 19.5 Å². The SMILES string of the molecule is COc1ccc(-c2nnc(SC/C(O)=C(\C#N)c3nc4ccccc4s3)n2C[C@H]2CCCO2)cc1. The summed E-state index contributed by atoms with van der Waals surface area (Å²) in [5.41, 5.74) is 1.90. The molecule has 0 saturated carbocycles. The summed E-state index contributed by atoms with van der Waals surface area (Å²) in [5, 5.41) is 30.6. The number of thiazole rings is 1. The molecule has 1 N–H and O–H groups in total. The van der Waals surface area contributed by atoms with Gasteiger partial charge in [0, 0.05) is 12.2 Å². The first-order valence-electron chi connectivity index (χ1n) is 11.2. The normalized spacial score (nSPS) is 16.3. The van der Waals surface area contributed by atoms with Gasteiger partial charge in [-0.15, -0.1) is 21.5 Å². The molecule has 0 bridgehead atoms. The van der Waals surface area contributed by atoms with Gasteiger partial charge in [0.05, 0.1) is 35.7 Å². The summed E-state index contributed by atoms with van der Waals surface area (Å²) in [6.45, 7) is 1.37. The van der Waals surface area contributed by atoms with E-state index < -0.39 is 0 Å². The van der Waals surface area contributed by atoms with Crippen LogP contribution in [-0.4, -0.2) is 50.4 Å². The Balaban J connectivity index is 1.42. The summed E-state index contributed by atoms with van der Waals surface area (Å²) in [6.07, 6.45) is 2.10. The molecule has 10 heteroatoms. The Morgan fingerprint density at radius 3 is 2.80 bits per heavy atom. The Morgan fingerprint density at radius 2 is 2.09 bits per heavy atom. The second kappa shape index (κ2) is 10.5. The first-order chi connectivity index (χ1) is 17.2. The zero-order valence-corrected chi connectivity index (χ0v) is 20.7. The number of rotatable bonds is 8. The number of nitrogens with zero attached hydrogens (tertiary/aromatic N) is 5. The number of para-hydroxylation sites is 1. The summed E-state index contributed by atoms with van der Waals surface area (Å²) in [5.74, 6) is 1.63. The molecular weight excluding hydrogens is 482 g/mol. The third-order valence-electron chi connectivity index (χ3n) is 5.72. The van der Waals surface area contributed by atoms with Crippen molar-refractivity contribution in [1.82, 2.24) is 19.7 Å². The fraction of sp³-hybridized carbons (Fsp3) is 0.280. The predicted octanol–water partition coefficient (Wildman–Crippen LogP) is 5.33. The highest BCUT2D eigenvalue weighted by molar-refractivity contribution is 7.99. The van der Waals surface area contributed by atoms with Crippen molar-refractivity contribution in [1.29, 1.82) is 5.26 Å². The highest BCUT2D eigenvalue weighted by Crippen LogP contribution is 2.31. The minimum atomic E-state index is -0.0331. The topological polar surface area (TPSA) is 106 Å². The molecule has 35 heavy (non-hydrogen) atoms. The number of aliphatic hydroxyl groups is 1. The van der Waals surface area contributed by atoms with Gasteiger partial charge in [-0.25, -0.2) is 4.98 Å². The molecule has 1 aliphatic heterocycles. The summed E-state index contributed by atoms with van der Waals surface area (Å²) >= 11 is 2.72. The van der Waals surface area contributed by atoms with Crippen molar-refractivity contribution in [2.45, 2.75) is 30.6 Å². The molecule has 5 rings (SSSR count). The number of benzene rings is 2. The van der Waals surface area contributed by atoms with Crippen LogP contribution in [0.3, 0.4) is 0 Å². The first-order valence-corrected chi connectivity index (χ1v) is 13.0. The number of hydrogen-bond acceptors (Lipinski definition) is 9. The molecule has 1 aliphatic rings. The second-order valence-electron chi connectivity index (χ2n) is 7.99. The maximum Gasteiger partial charge on any atom is 0.192 e. The van der Waals surface area contributed by atoms with Crippen molar-refractivity contribution in [2.24, 2.45) is 0 Å². The fourth-order valence-corrected chi connectivity index (χ4v) is 5.73. The zero-order chi connectivity index (χ0) is 24.2. The second-order valence-corrected chi connectivity index (χ2v) is 9.96. The van der Waals surface area contributed by atoms with Gasteiger partial charge in [0.25, 0.3) is 0 Å². The van der Waals surface area contributed by atoms with Crippen LogP contribution in [0.4, 0.5) is 0 Å². The Kier molecular flexibility index (Phi) is 6.99. The Labute approximate surface area is 210 Å². The Hall–Kier alpha value is -3.39. The summed E-state index contributed by atoms with van der Waals surface area (Å²) in [7, 11) is 1.63. The quantitative estimate of drug-likeness (QED) is 0.195. The number of aliphatic hydroxyl groups excluding tert-OH is 1. The average molecular weight is 506 g/mol. The molecule has 0 amide bonds. The number of aromatic nitrogens is 4.